The molecule has 3 N–H and O–H groups in total. The Morgan fingerprint density at radius 3 is 2.11 bits per heavy atom. The number of aliphatic hydroxyl groups is 1. The van der Waals surface area contributed by atoms with E-state index in [0.717, 1.165) is 65.2 Å². The summed E-state index contributed by atoms with van der Waals surface area (Å²) in [7, 11) is -8.88. The van der Waals surface area contributed by atoms with Crippen LogP contribution in [-0.2, 0) is 43.9 Å². The van der Waals surface area contributed by atoms with Crippen LogP contribution < -0.4 is 9.80 Å². The molecule has 0 fully saturated rings. The standard InChI is InChI=1S/C34H40N2O7S2/c1-33(2)25(21-35-19-17-24-12-15-26(44(38,39)40)29(33)31(24)35)13-9-22(7-6-20-37)10-16-28-34(3,4)30-27(45(41,42)43)14-11-23-8-5-18-36(28)32(23)30/h9-16,21,37H,5-8,17-20H2,1-4H3,(H,38,39,40)(H,41,42,43). The summed E-state index contributed by atoms with van der Waals surface area (Å²) in [6.45, 7) is 9.33. The minimum absolute atomic E-state index is 0.0156. The molecule has 45 heavy (non-hydrogen) atoms. The number of allylic oxidation sites excluding steroid dienone is 7. The first kappa shape index (κ1) is 31.7. The van der Waals surface area contributed by atoms with Gasteiger partial charge >= 0.3 is 0 Å². The lowest BCUT2D eigenvalue weighted by molar-refractivity contribution is 0.289. The van der Waals surface area contributed by atoms with E-state index in [9.17, 15) is 31.0 Å². The molecule has 0 saturated carbocycles. The smallest absolute Gasteiger partial charge is 0.294 e. The van der Waals surface area contributed by atoms with Gasteiger partial charge in [-0.25, -0.2) is 0 Å². The van der Waals surface area contributed by atoms with Gasteiger partial charge in [-0.1, -0.05) is 58.1 Å². The van der Waals surface area contributed by atoms with Crippen LogP contribution in [0.1, 0.15) is 69.2 Å². The maximum Gasteiger partial charge on any atom is 0.294 e. The van der Waals surface area contributed by atoms with Crippen molar-refractivity contribution in [1.82, 2.24) is 0 Å². The quantitative estimate of drug-likeness (QED) is 0.246. The number of aliphatic hydroxyl groups excluding tert-OH is 1. The lowest BCUT2D eigenvalue weighted by Gasteiger charge is -2.38. The third-order valence-electron chi connectivity index (χ3n) is 9.76. The van der Waals surface area contributed by atoms with E-state index in [1.165, 1.54) is 12.1 Å². The van der Waals surface area contributed by atoms with E-state index < -0.39 is 31.1 Å². The van der Waals surface area contributed by atoms with E-state index in [1.807, 2.05) is 58.2 Å². The molecule has 6 rings (SSSR count). The van der Waals surface area contributed by atoms with Crippen molar-refractivity contribution in [3.63, 3.8) is 0 Å². The number of hydrogen-bond acceptors (Lipinski definition) is 7. The van der Waals surface area contributed by atoms with Crippen molar-refractivity contribution in [1.29, 1.82) is 0 Å². The topological polar surface area (TPSA) is 135 Å². The molecule has 0 spiro atoms. The molecule has 0 saturated heterocycles. The zero-order valence-electron chi connectivity index (χ0n) is 26.0. The van der Waals surface area contributed by atoms with Gasteiger partial charge in [0.05, 0.1) is 0 Å². The van der Waals surface area contributed by atoms with Crippen molar-refractivity contribution in [3.8, 4) is 0 Å². The lowest BCUT2D eigenvalue weighted by atomic mass is 9.74. The fourth-order valence-electron chi connectivity index (χ4n) is 7.55. The van der Waals surface area contributed by atoms with Crippen LogP contribution in [0.2, 0.25) is 0 Å². The second kappa shape index (κ2) is 10.9. The Balaban J connectivity index is 1.41. The number of nitrogens with zero attached hydrogens (tertiary/aromatic N) is 2. The van der Waals surface area contributed by atoms with Crippen LogP contribution in [0.25, 0.3) is 0 Å². The average molecular weight is 653 g/mol. The molecule has 0 unspecified atom stereocenters. The van der Waals surface area contributed by atoms with Crippen molar-refractivity contribution < 1.29 is 31.0 Å². The molecule has 2 aromatic rings. The van der Waals surface area contributed by atoms with Crippen molar-refractivity contribution in [3.05, 3.63) is 93.9 Å². The van der Waals surface area contributed by atoms with Crippen LogP contribution in [-0.4, -0.2) is 50.7 Å². The monoisotopic (exact) mass is 652 g/mol. The Kier molecular flexibility index (Phi) is 7.72. The largest absolute Gasteiger partial charge is 0.396 e. The predicted octanol–water partition coefficient (Wildman–Crippen LogP) is 5.60. The van der Waals surface area contributed by atoms with Gasteiger partial charge in [0.15, 0.2) is 0 Å². The molecule has 0 radical (unpaired) electrons. The zero-order chi connectivity index (χ0) is 32.5. The highest BCUT2D eigenvalue weighted by atomic mass is 32.2. The minimum Gasteiger partial charge on any atom is -0.396 e. The van der Waals surface area contributed by atoms with Crippen molar-refractivity contribution in [2.24, 2.45) is 0 Å². The summed E-state index contributed by atoms with van der Waals surface area (Å²) >= 11 is 0. The predicted molar refractivity (Wildman–Crippen MR) is 175 cm³/mol. The van der Waals surface area contributed by atoms with E-state index in [0.29, 0.717) is 30.5 Å². The van der Waals surface area contributed by atoms with Gasteiger partial charge in [0, 0.05) is 64.9 Å². The highest BCUT2D eigenvalue weighted by Crippen LogP contribution is 2.54. The molecule has 2 aromatic carbocycles. The Morgan fingerprint density at radius 1 is 0.867 bits per heavy atom. The number of aryl methyl sites for hydroxylation is 1. The van der Waals surface area contributed by atoms with Crippen LogP contribution in [0.4, 0.5) is 11.4 Å². The highest BCUT2D eigenvalue weighted by Gasteiger charge is 2.46. The highest BCUT2D eigenvalue weighted by molar-refractivity contribution is 7.86. The van der Waals surface area contributed by atoms with Gasteiger partial charge < -0.3 is 14.9 Å². The molecule has 11 heteroatoms. The molecule has 0 amide bonds. The van der Waals surface area contributed by atoms with E-state index >= 15 is 0 Å². The Hall–Kier alpha value is -3.22. The van der Waals surface area contributed by atoms with E-state index in [-0.39, 0.29) is 16.4 Å². The molecule has 9 nitrogen and oxygen atoms in total. The van der Waals surface area contributed by atoms with Crippen molar-refractivity contribution in [2.75, 3.05) is 29.5 Å². The van der Waals surface area contributed by atoms with E-state index in [2.05, 4.69) is 9.80 Å². The normalized spacial score (nSPS) is 21.0. The Labute approximate surface area is 265 Å². The molecule has 0 aliphatic carbocycles. The molecule has 0 atom stereocenters. The van der Waals surface area contributed by atoms with Gasteiger partial charge in [-0.05, 0) is 72.6 Å². The molecule has 4 aliphatic rings. The van der Waals surface area contributed by atoms with Gasteiger partial charge in [-0.15, -0.1) is 0 Å². The third kappa shape index (κ3) is 5.28. The maximum atomic E-state index is 12.4. The summed E-state index contributed by atoms with van der Waals surface area (Å²) in [5.41, 5.74) is 6.36. The summed E-state index contributed by atoms with van der Waals surface area (Å²) in [6.07, 6.45) is 13.7. The zero-order valence-corrected chi connectivity index (χ0v) is 27.7. The van der Waals surface area contributed by atoms with Gasteiger partial charge in [-0.3, -0.25) is 9.11 Å². The first-order valence-corrected chi connectivity index (χ1v) is 18.2. The summed E-state index contributed by atoms with van der Waals surface area (Å²) in [6, 6.07) is 6.59. The van der Waals surface area contributed by atoms with Crippen molar-refractivity contribution in [2.45, 2.75) is 80.4 Å². The summed E-state index contributed by atoms with van der Waals surface area (Å²) in [4.78, 5) is 4.08. The third-order valence-corrected chi connectivity index (χ3v) is 11.6. The van der Waals surface area contributed by atoms with Crippen LogP contribution in [0.5, 0.6) is 0 Å². The number of benzene rings is 2. The van der Waals surface area contributed by atoms with Crippen LogP contribution in [0.15, 0.2) is 81.4 Å². The fourth-order valence-corrected chi connectivity index (χ4v) is 9.25. The van der Waals surface area contributed by atoms with Gasteiger partial charge in [0.25, 0.3) is 20.2 Å². The van der Waals surface area contributed by atoms with E-state index in [1.54, 1.807) is 12.1 Å². The summed E-state index contributed by atoms with van der Waals surface area (Å²) in [5.74, 6) is 0. The van der Waals surface area contributed by atoms with Crippen LogP contribution in [0, 0.1) is 0 Å². The SMILES string of the molecule is CC1(C)C(C=CC(=CC=C2N3CCCc4ccc(S(=O)(=O)O)c(c43)C2(C)C)CCCO)=CN2CCc3ccc(S(=O)(=O)O)c1c32. The summed E-state index contributed by atoms with van der Waals surface area (Å²) in [5, 5.41) is 9.66. The number of anilines is 2. The molecule has 4 heterocycles. The van der Waals surface area contributed by atoms with Crippen molar-refractivity contribution >= 4 is 31.6 Å². The average Bonchev–Trinajstić information content (AvgIpc) is 3.47. The Morgan fingerprint density at radius 2 is 1.49 bits per heavy atom. The number of rotatable bonds is 8. The molecular formula is C34H40N2O7S2. The van der Waals surface area contributed by atoms with E-state index in [4.69, 9.17) is 0 Å². The second-order valence-electron chi connectivity index (χ2n) is 13.3. The Bertz CT molecular complexity index is 1930. The molecule has 4 aliphatic heterocycles. The minimum atomic E-state index is -4.45. The fraction of sp³-hybridized carbons (Fsp3) is 0.412. The van der Waals surface area contributed by atoms with Gasteiger partial charge in [-0.2, -0.15) is 16.8 Å². The lowest BCUT2D eigenvalue weighted by Crippen LogP contribution is -2.32. The first-order valence-electron chi connectivity index (χ1n) is 15.3. The van der Waals surface area contributed by atoms with Gasteiger partial charge in [0.1, 0.15) is 9.79 Å². The second-order valence-corrected chi connectivity index (χ2v) is 16.1. The summed E-state index contributed by atoms with van der Waals surface area (Å²) < 4.78 is 69.9. The van der Waals surface area contributed by atoms with Crippen LogP contribution in [0.3, 0.4) is 0 Å². The molecule has 240 valence electrons. The molecule has 0 bridgehead atoms. The first-order chi connectivity index (χ1) is 21.1. The van der Waals surface area contributed by atoms with Gasteiger partial charge in [0.2, 0.25) is 0 Å². The van der Waals surface area contributed by atoms with Crippen LogP contribution >= 0.6 is 0 Å². The molecular weight excluding hydrogens is 613 g/mol. The molecule has 0 aromatic heterocycles. The maximum absolute atomic E-state index is 12.4. The number of hydrogen-bond donors (Lipinski definition) is 3.